The Morgan fingerprint density at radius 1 is 0.925 bits per heavy atom. The number of fused-ring (bicyclic) bond motifs is 3. The minimum Gasteiger partial charge on any atom is -0.316 e. The Morgan fingerprint density at radius 3 is 2.38 bits per heavy atom. The highest BCUT2D eigenvalue weighted by Crippen LogP contribution is 2.43. The number of aromatic nitrogens is 1. The predicted molar refractivity (Wildman–Crippen MR) is 146 cm³/mol. The normalized spacial score (nSPS) is 16.2. The average molecular weight is 545 g/mol. The minimum atomic E-state index is -4.63. The standard InChI is InChI=1S/C31H27F3N4O2/c1-20-8-6-9-21(18-20)29-27-14-7-17-36(27)25-12-4-5-13-26(25)38(29)28(39)19-37(22-15-16-22)30(40)35-24-11-3-2-10-23(24)31(32,33)34/h2-14,17-18,22,29H,15-16,19H2,1H3,(H,35,40). The fourth-order valence-corrected chi connectivity index (χ4v) is 5.42. The molecule has 0 radical (unpaired) electrons. The lowest BCUT2D eigenvalue weighted by Crippen LogP contribution is -2.48. The Kier molecular flexibility index (Phi) is 6.37. The fraction of sp³-hybridized carbons (Fsp3) is 0.226. The van der Waals surface area contributed by atoms with Crippen LogP contribution in [0.4, 0.5) is 29.3 Å². The third kappa shape index (κ3) is 4.72. The molecule has 6 nitrogen and oxygen atoms in total. The topological polar surface area (TPSA) is 57.6 Å². The zero-order valence-corrected chi connectivity index (χ0v) is 21.7. The molecule has 0 bridgehead atoms. The molecular weight excluding hydrogens is 517 g/mol. The molecule has 1 saturated carbocycles. The Balaban J connectivity index is 1.35. The van der Waals surface area contributed by atoms with Gasteiger partial charge >= 0.3 is 12.2 Å². The van der Waals surface area contributed by atoms with Crippen molar-refractivity contribution in [3.05, 3.63) is 114 Å². The van der Waals surface area contributed by atoms with Crippen LogP contribution < -0.4 is 10.2 Å². The maximum atomic E-state index is 14.2. The first-order chi connectivity index (χ1) is 19.2. The average Bonchev–Trinajstić information content (AvgIpc) is 3.65. The SMILES string of the molecule is Cc1cccc(C2c3cccn3-c3ccccc3N2C(=O)CN(C(=O)Nc2ccccc2C(F)(F)F)C2CC2)c1. The third-order valence-corrected chi connectivity index (χ3v) is 7.37. The number of urea groups is 1. The lowest BCUT2D eigenvalue weighted by molar-refractivity contribution is -0.137. The first kappa shape index (κ1) is 25.7. The second kappa shape index (κ2) is 9.89. The Labute approximate surface area is 229 Å². The molecule has 2 aliphatic rings. The van der Waals surface area contributed by atoms with Gasteiger partial charge in [0.2, 0.25) is 5.91 Å². The molecule has 3 aromatic carbocycles. The molecule has 1 fully saturated rings. The van der Waals surface area contributed by atoms with Crippen molar-refractivity contribution in [1.82, 2.24) is 9.47 Å². The Bertz CT molecular complexity index is 1590. The summed E-state index contributed by atoms with van der Waals surface area (Å²) in [5, 5.41) is 2.42. The van der Waals surface area contributed by atoms with Gasteiger partial charge in [-0.15, -0.1) is 0 Å². The summed E-state index contributed by atoms with van der Waals surface area (Å²) in [6.45, 7) is 1.71. The number of amides is 3. The van der Waals surface area contributed by atoms with Gasteiger partial charge in [-0.2, -0.15) is 13.2 Å². The minimum absolute atomic E-state index is 0.219. The molecular formula is C31H27F3N4O2. The summed E-state index contributed by atoms with van der Waals surface area (Å²) in [6.07, 6.45) is -1.30. The molecule has 1 aliphatic heterocycles. The van der Waals surface area contributed by atoms with E-state index in [-0.39, 0.29) is 24.2 Å². The number of para-hydroxylation sites is 3. The van der Waals surface area contributed by atoms with Crippen molar-refractivity contribution >= 4 is 23.3 Å². The lowest BCUT2D eigenvalue weighted by Gasteiger charge is -2.39. The molecule has 1 unspecified atom stereocenters. The quantitative estimate of drug-likeness (QED) is 0.296. The van der Waals surface area contributed by atoms with Crippen LogP contribution in [-0.2, 0) is 11.0 Å². The number of carbonyl (C=O) groups is 2. The van der Waals surface area contributed by atoms with E-state index in [1.54, 1.807) is 4.90 Å². The summed E-state index contributed by atoms with van der Waals surface area (Å²) in [6, 6.07) is 22.9. The fourth-order valence-electron chi connectivity index (χ4n) is 5.42. The van der Waals surface area contributed by atoms with Crippen LogP contribution in [0.1, 0.15) is 41.3 Å². The van der Waals surface area contributed by atoms with Gasteiger partial charge < -0.3 is 14.8 Å². The van der Waals surface area contributed by atoms with Crippen LogP contribution in [0, 0.1) is 6.92 Å². The highest BCUT2D eigenvalue weighted by atomic mass is 19.4. The number of hydrogen-bond acceptors (Lipinski definition) is 2. The molecule has 9 heteroatoms. The number of carbonyl (C=O) groups excluding carboxylic acids is 2. The van der Waals surface area contributed by atoms with E-state index in [2.05, 4.69) is 9.88 Å². The van der Waals surface area contributed by atoms with Gasteiger partial charge in [-0.1, -0.05) is 54.1 Å². The van der Waals surface area contributed by atoms with Crippen LogP contribution in [0.3, 0.4) is 0 Å². The molecule has 1 aliphatic carbocycles. The van der Waals surface area contributed by atoms with E-state index in [1.165, 1.54) is 23.1 Å². The second-order valence-electron chi connectivity index (χ2n) is 10.2. The van der Waals surface area contributed by atoms with Gasteiger partial charge in [0.05, 0.1) is 28.3 Å². The molecule has 1 aromatic heterocycles. The van der Waals surface area contributed by atoms with Gasteiger partial charge in [-0.3, -0.25) is 9.69 Å². The molecule has 40 heavy (non-hydrogen) atoms. The van der Waals surface area contributed by atoms with Gasteiger partial charge in [-0.25, -0.2) is 4.79 Å². The number of halogens is 3. The molecule has 204 valence electrons. The van der Waals surface area contributed by atoms with Crippen LogP contribution in [0.25, 0.3) is 5.69 Å². The van der Waals surface area contributed by atoms with Crippen LogP contribution in [-0.4, -0.2) is 34.0 Å². The van der Waals surface area contributed by atoms with Crippen molar-refractivity contribution in [2.45, 2.75) is 38.0 Å². The van der Waals surface area contributed by atoms with Gasteiger partial charge in [0.1, 0.15) is 12.6 Å². The summed E-state index contributed by atoms with van der Waals surface area (Å²) in [4.78, 5) is 30.6. The number of aryl methyl sites for hydroxylation is 1. The first-order valence-electron chi connectivity index (χ1n) is 13.1. The zero-order valence-electron chi connectivity index (χ0n) is 21.7. The van der Waals surface area contributed by atoms with Crippen molar-refractivity contribution in [2.75, 3.05) is 16.8 Å². The van der Waals surface area contributed by atoms with Crippen LogP contribution in [0.15, 0.2) is 91.1 Å². The number of alkyl halides is 3. The van der Waals surface area contributed by atoms with Gasteiger partial charge in [0.15, 0.2) is 0 Å². The predicted octanol–water partition coefficient (Wildman–Crippen LogP) is 6.94. The largest absolute Gasteiger partial charge is 0.418 e. The summed E-state index contributed by atoms with van der Waals surface area (Å²) in [7, 11) is 0. The Morgan fingerprint density at radius 2 is 1.65 bits per heavy atom. The second-order valence-corrected chi connectivity index (χ2v) is 10.2. The molecule has 1 atom stereocenters. The highest BCUT2D eigenvalue weighted by Gasteiger charge is 2.41. The summed E-state index contributed by atoms with van der Waals surface area (Å²) < 4.78 is 42.8. The van der Waals surface area contributed by atoms with Crippen molar-refractivity contribution in [3.63, 3.8) is 0 Å². The number of rotatable bonds is 5. The third-order valence-electron chi connectivity index (χ3n) is 7.37. The molecule has 0 saturated heterocycles. The smallest absolute Gasteiger partial charge is 0.316 e. The number of nitrogens with one attached hydrogen (secondary N) is 1. The maximum Gasteiger partial charge on any atom is 0.418 e. The number of hydrogen-bond donors (Lipinski definition) is 1. The van der Waals surface area contributed by atoms with E-state index >= 15 is 0 Å². The van der Waals surface area contributed by atoms with Crippen LogP contribution in [0.5, 0.6) is 0 Å². The number of benzene rings is 3. The van der Waals surface area contributed by atoms with Gasteiger partial charge in [0, 0.05) is 12.2 Å². The summed E-state index contributed by atoms with van der Waals surface area (Å²) in [5.74, 6) is -0.322. The first-order valence-corrected chi connectivity index (χ1v) is 13.1. The molecule has 6 rings (SSSR count). The number of anilines is 2. The van der Waals surface area contributed by atoms with E-state index in [0.29, 0.717) is 18.5 Å². The zero-order chi connectivity index (χ0) is 28.0. The van der Waals surface area contributed by atoms with E-state index in [9.17, 15) is 22.8 Å². The van der Waals surface area contributed by atoms with Crippen molar-refractivity contribution in [2.24, 2.45) is 0 Å². The Hall–Kier alpha value is -4.53. The van der Waals surface area contributed by atoms with Crippen molar-refractivity contribution < 1.29 is 22.8 Å². The lowest BCUT2D eigenvalue weighted by atomic mass is 9.96. The van der Waals surface area contributed by atoms with Gasteiger partial charge in [0.25, 0.3) is 0 Å². The molecule has 4 aromatic rings. The van der Waals surface area contributed by atoms with Gasteiger partial charge in [-0.05, 0) is 61.7 Å². The van der Waals surface area contributed by atoms with E-state index in [1.807, 2.05) is 73.8 Å². The van der Waals surface area contributed by atoms with E-state index in [0.717, 1.165) is 28.6 Å². The van der Waals surface area contributed by atoms with Crippen LogP contribution in [0.2, 0.25) is 0 Å². The summed E-state index contributed by atoms with van der Waals surface area (Å²) in [5.41, 5.74) is 3.13. The van der Waals surface area contributed by atoms with E-state index in [4.69, 9.17) is 0 Å². The molecule has 1 N–H and O–H groups in total. The maximum absolute atomic E-state index is 14.2. The highest BCUT2D eigenvalue weighted by molar-refractivity contribution is 6.01. The molecule has 2 heterocycles. The number of nitrogens with zero attached hydrogens (tertiary/aromatic N) is 3. The molecule has 0 spiro atoms. The monoisotopic (exact) mass is 544 g/mol. The van der Waals surface area contributed by atoms with Crippen molar-refractivity contribution in [3.8, 4) is 5.69 Å². The van der Waals surface area contributed by atoms with E-state index < -0.39 is 23.8 Å². The summed E-state index contributed by atoms with van der Waals surface area (Å²) >= 11 is 0. The van der Waals surface area contributed by atoms with Crippen LogP contribution >= 0.6 is 0 Å². The molecule has 3 amide bonds. The van der Waals surface area contributed by atoms with Crippen molar-refractivity contribution in [1.29, 1.82) is 0 Å².